The second kappa shape index (κ2) is 6.15. The van der Waals surface area contributed by atoms with E-state index in [2.05, 4.69) is 18.6 Å². The zero-order chi connectivity index (χ0) is 13.8. The molecule has 3 N–H and O–H groups in total. The molecule has 0 heterocycles. The van der Waals surface area contributed by atoms with Crippen molar-refractivity contribution in [3.8, 4) is 0 Å². The van der Waals surface area contributed by atoms with Gasteiger partial charge in [0, 0.05) is 6.54 Å². The van der Waals surface area contributed by atoms with Gasteiger partial charge in [0.1, 0.15) is 5.82 Å². The van der Waals surface area contributed by atoms with Gasteiger partial charge in [-0.2, -0.15) is 0 Å². The minimum absolute atomic E-state index is 0.0613. The molecular formula is C12H19FN2O2S. The molecule has 6 heteroatoms. The highest BCUT2D eigenvalue weighted by Gasteiger charge is 2.14. The topological polar surface area (TPSA) is 72.2 Å². The fourth-order valence-corrected chi connectivity index (χ4v) is 2.56. The number of hydrogen-bond donors (Lipinski definition) is 2. The Morgan fingerprint density at radius 3 is 2.61 bits per heavy atom. The van der Waals surface area contributed by atoms with Crippen molar-refractivity contribution in [3.63, 3.8) is 0 Å². The first-order valence-corrected chi connectivity index (χ1v) is 7.36. The Bertz CT molecular complexity index is 501. The van der Waals surface area contributed by atoms with E-state index >= 15 is 0 Å². The molecule has 1 rings (SSSR count). The van der Waals surface area contributed by atoms with Gasteiger partial charge in [0.25, 0.3) is 0 Å². The molecule has 0 atom stereocenters. The monoisotopic (exact) mass is 274 g/mol. The van der Waals surface area contributed by atoms with E-state index in [0.29, 0.717) is 12.5 Å². The molecular weight excluding hydrogens is 255 g/mol. The molecule has 0 aromatic heterocycles. The summed E-state index contributed by atoms with van der Waals surface area (Å²) in [5.41, 5.74) is 5.24. The molecule has 0 amide bonds. The van der Waals surface area contributed by atoms with Crippen LogP contribution in [0.5, 0.6) is 0 Å². The molecule has 102 valence electrons. The van der Waals surface area contributed by atoms with Gasteiger partial charge in [-0.3, -0.25) is 0 Å². The zero-order valence-electron chi connectivity index (χ0n) is 10.6. The van der Waals surface area contributed by atoms with Crippen LogP contribution in [0, 0.1) is 11.7 Å². The third kappa shape index (κ3) is 4.27. The van der Waals surface area contributed by atoms with Gasteiger partial charge in [-0.1, -0.05) is 13.8 Å². The van der Waals surface area contributed by atoms with Crippen LogP contribution >= 0.6 is 0 Å². The molecule has 4 nitrogen and oxygen atoms in total. The predicted octanol–water partition coefficient (Wildman–Crippen LogP) is 2.12. The minimum Gasteiger partial charge on any atom is -0.396 e. The number of halogens is 1. The fourth-order valence-electron chi connectivity index (χ4n) is 1.48. The standard InChI is InChI=1S/C12H19FN2O2S/c1-9(2)4-3-7-15-18(16,17)10-5-6-12(14)11(13)8-10/h5-6,8-9,15H,3-4,7,14H2,1-2H3. The maximum absolute atomic E-state index is 13.2. The van der Waals surface area contributed by atoms with Crippen LogP contribution in [0.15, 0.2) is 23.1 Å². The number of nitrogens with two attached hydrogens (primary N) is 1. The molecule has 0 fully saturated rings. The molecule has 0 radical (unpaired) electrons. The Morgan fingerprint density at radius 2 is 2.06 bits per heavy atom. The van der Waals surface area contributed by atoms with Crippen LogP contribution in [0.4, 0.5) is 10.1 Å². The first-order chi connectivity index (χ1) is 8.33. The normalized spacial score (nSPS) is 12.0. The van der Waals surface area contributed by atoms with E-state index in [9.17, 15) is 12.8 Å². The zero-order valence-corrected chi connectivity index (χ0v) is 11.4. The van der Waals surface area contributed by atoms with E-state index in [1.54, 1.807) is 0 Å². The van der Waals surface area contributed by atoms with Gasteiger partial charge in [-0.05, 0) is 37.0 Å². The van der Waals surface area contributed by atoms with E-state index in [-0.39, 0.29) is 10.6 Å². The quantitative estimate of drug-likeness (QED) is 0.616. The second-order valence-corrected chi connectivity index (χ2v) is 6.38. The molecule has 0 unspecified atom stereocenters. The van der Waals surface area contributed by atoms with E-state index in [4.69, 9.17) is 5.73 Å². The minimum atomic E-state index is -3.64. The summed E-state index contributed by atoms with van der Waals surface area (Å²) >= 11 is 0. The Balaban J connectivity index is 2.66. The summed E-state index contributed by atoms with van der Waals surface area (Å²) in [6.45, 7) is 4.50. The Hall–Kier alpha value is -1.14. The van der Waals surface area contributed by atoms with Gasteiger partial charge in [-0.15, -0.1) is 0 Å². The lowest BCUT2D eigenvalue weighted by atomic mass is 10.1. The van der Waals surface area contributed by atoms with Gasteiger partial charge in [-0.25, -0.2) is 17.5 Å². The molecule has 0 bridgehead atoms. The summed E-state index contributed by atoms with van der Waals surface area (Å²) in [4.78, 5) is -0.0984. The summed E-state index contributed by atoms with van der Waals surface area (Å²) < 4.78 is 39.3. The van der Waals surface area contributed by atoms with Gasteiger partial charge in [0.15, 0.2) is 0 Å². The van der Waals surface area contributed by atoms with Crippen molar-refractivity contribution in [2.75, 3.05) is 12.3 Å². The summed E-state index contributed by atoms with van der Waals surface area (Å²) in [6, 6.07) is 3.47. The largest absolute Gasteiger partial charge is 0.396 e. The fraction of sp³-hybridized carbons (Fsp3) is 0.500. The smallest absolute Gasteiger partial charge is 0.240 e. The van der Waals surface area contributed by atoms with Crippen molar-refractivity contribution in [1.29, 1.82) is 0 Å². The molecule has 0 aliphatic rings. The molecule has 0 saturated carbocycles. The van der Waals surface area contributed by atoms with E-state index in [0.717, 1.165) is 18.9 Å². The Morgan fingerprint density at radius 1 is 1.39 bits per heavy atom. The third-order valence-corrected chi connectivity index (χ3v) is 3.99. The summed E-state index contributed by atoms with van der Waals surface area (Å²) in [6.07, 6.45) is 1.70. The third-order valence-electron chi connectivity index (χ3n) is 2.53. The number of rotatable bonds is 6. The number of anilines is 1. The van der Waals surface area contributed by atoms with Gasteiger partial charge < -0.3 is 5.73 Å². The second-order valence-electron chi connectivity index (χ2n) is 4.62. The highest BCUT2D eigenvalue weighted by atomic mass is 32.2. The Kier molecular flexibility index (Phi) is 5.10. The number of hydrogen-bond acceptors (Lipinski definition) is 3. The van der Waals surface area contributed by atoms with Crippen LogP contribution in [-0.4, -0.2) is 15.0 Å². The number of nitrogen functional groups attached to an aromatic ring is 1. The van der Waals surface area contributed by atoms with Crippen molar-refractivity contribution >= 4 is 15.7 Å². The van der Waals surface area contributed by atoms with Gasteiger partial charge in [0.05, 0.1) is 10.6 Å². The lowest BCUT2D eigenvalue weighted by Crippen LogP contribution is -2.25. The molecule has 1 aromatic rings. The average molecular weight is 274 g/mol. The molecule has 18 heavy (non-hydrogen) atoms. The van der Waals surface area contributed by atoms with E-state index < -0.39 is 15.8 Å². The maximum Gasteiger partial charge on any atom is 0.240 e. The first kappa shape index (κ1) is 14.9. The highest BCUT2D eigenvalue weighted by Crippen LogP contribution is 2.16. The molecule has 1 aromatic carbocycles. The summed E-state index contributed by atoms with van der Waals surface area (Å²) in [7, 11) is -3.64. The van der Waals surface area contributed by atoms with Crippen LogP contribution in [-0.2, 0) is 10.0 Å². The van der Waals surface area contributed by atoms with E-state index in [1.165, 1.54) is 12.1 Å². The summed E-state index contributed by atoms with van der Waals surface area (Å²) in [5, 5.41) is 0. The molecule has 0 aliphatic carbocycles. The van der Waals surface area contributed by atoms with Crippen molar-refractivity contribution in [2.45, 2.75) is 31.6 Å². The number of nitrogens with one attached hydrogen (secondary N) is 1. The number of benzene rings is 1. The van der Waals surface area contributed by atoms with Crippen LogP contribution in [0.25, 0.3) is 0 Å². The molecule has 0 aliphatic heterocycles. The van der Waals surface area contributed by atoms with Gasteiger partial charge >= 0.3 is 0 Å². The van der Waals surface area contributed by atoms with Crippen molar-refractivity contribution in [2.24, 2.45) is 5.92 Å². The first-order valence-electron chi connectivity index (χ1n) is 5.87. The lowest BCUT2D eigenvalue weighted by Gasteiger charge is -2.08. The Labute approximate surface area is 107 Å². The predicted molar refractivity (Wildman–Crippen MR) is 70.1 cm³/mol. The van der Waals surface area contributed by atoms with Crippen LogP contribution < -0.4 is 10.5 Å². The maximum atomic E-state index is 13.2. The SMILES string of the molecule is CC(C)CCCNS(=O)(=O)c1ccc(N)c(F)c1. The van der Waals surface area contributed by atoms with E-state index in [1.807, 2.05) is 0 Å². The van der Waals surface area contributed by atoms with Crippen molar-refractivity contribution in [1.82, 2.24) is 4.72 Å². The van der Waals surface area contributed by atoms with Crippen molar-refractivity contribution in [3.05, 3.63) is 24.0 Å². The highest BCUT2D eigenvalue weighted by molar-refractivity contribution is 7.89. The van der Waals surface area contributed by atoms with Crippen LogP contribution in [0.1, 0.15) is 26.7 Å². The van der Waals surface area contributed by atoms with Crippen molar-refractivity contribution < 1.29 is 12.8 Å². The lowest BCUT2D eigenvalue weighted by molar-refractivity contribution is 0.539. The average Bonchev–Trinajstić information content (AvgIpc) is 2.28. The summed E-state index contributed by atoms with van der Waals surface area (Å²) in [5.74, 6) is -0.191. The number of sulfonamides is 1. The van der Waals surface area contributed by atoms with Crippen LogP contribution in [0.3, 0.4) is 0 Å². The molecule has 0 saturated heterocycles. The van der Waals surface area contributed by atoms with Crippen LogP contribution in [0.2, 0.25) is 0 Å². The van der Waals surface area contributed by atoms with Gasteiger partial charge in [0.2, 0.25) is 10.0 Å². The molecule has 0 spiro atoms.